The summed E-state index contributed by atoms with van der Waals surface area (Å²) in [4.78, 5) is 12.0. The van der Waals surface area contributed by atoms with Crippen LogP contribution >= 0.6 is 0 Å². The molecule has 0 amide bonds. The summed E-state index contributed by atoms with van der Waals surface area (Å²) in [7, 11) is 0. The first kappa shape index (κ1) is 28.1. The smallest absolute Gasteiger partial charge is 0.144 e. The van der Waals surface area contributed by atoms with Gasteiger partial charge in [-0.1, -0.05) is 89.6 Å². The van der Waals surface area contributed by atoms with E-state index in [0.717, 1.165) is 39.4 Å². The van der Waals surface area contributed by atoms with Gasteiger partial charge in [-0.2, -0.15) is 0 Å². The number of hydrogen-bond donors (Lipinski definition) is 1. The summed E-state index contributed by atoms with van der Waals surface area (Å²) in [5.74, 6) is 1.74. The van der Waals surface area contributed by atoms with Crippen molar-refractivity contribution in [3.63, 3.8) is 0 Å². The first-order valence-corrected chi connectivity index (χ1v) is 13.7. The molecule has 5 heteroatoms. The third-order valence-corrected chi connectivity index (χ3v) is 8.07. The molecule has 0 atom stereocenters. The van der Waals surface area contributed by atoms with Crippen LogP contribution in [0.15, 0.2) is 79.0 Å². The quantitative estimate of drug-likeness (QED) is 0.190. The van der Waals surface area contributed by atoms with E-state index in [-0.39, 0.29) is 38.1 Å². The van der Waals surface area contributed by atoms with E-state index >= 15 is 0 Å². The van der Waals surface area contributed by atoms with Crippen LogP contribution in [0, 0.1) is 6.07 Å². The molecule has 3 heterocycles. The van der Waals surface area contributed by atoms with Gasteiger partial charge in [0, 0.05) is 38.3 Å². The summed E-state index contributed by atoms with van der Waals surface area (Å²) in [5.41, 5.74) is 8.75. The van der Waals surface area contributed by atoms with Gasteiger partial charge in [0.2, 0.25) is 0 Å². The zero-order valence-corrected chi connectivity index (χ0v) is 26.0. The van der Waals surface area contributed by atoms with Gasteiger partial charge >= 0.3 is 0 Å². The van der Waals surface area contributed by atoms with Crippen molar-refractivity contribution in [3.8, 4) is 17.0 Å². The number of pyridine rings is 2. The molecule has 6 rings (SSSR count). The van der Waals surface area contributed by atoms with E-state index in [4.69, 9.17) is 9.97 Å². The summed E-state index contributed by atoms with van der Waals surface area (Å²) in [6.45, 7) is 13.1. The van der Waals surface area contributed by atoms with Gasteiger partial charge in [0.25, 0.3) is 0 Å². The van der Waals surface area contributed by atoms with Crippen LogP contribution in [0.2, 0.25) is 0 Å². The molecule has 0 saturated heterocycles. The van der Waals surface area contributed by atoms with Crippen molar-refractivity contribution >= 4 is 28.1 Å². The Hall–Kier alpha value is -3.49. The van der Waals surface area contributed by atoms with Crippen molar-refractivity contribution in [2.45, 2.75) is 58.8 Å². The molecule has 0 aliphatic carbocycles. The van der Waals surface area contributed by atoms with E-state index in [1.165, 1.54) is 16.7 Å². The van der Waals surface area contributed by atoms with Crippen LogP contribution in [-0.4, -0.2) is 15.1 Å². The van der Waals surface area contributed by atoms with E-state index in [1.807, 2.05) is 30.5 Å². The number of anilines is 3. The summed E-state index contributed by atoms with van der Waals surface area (Å²) < 4.78 is 0. The molecule has 0 radical (unpaired) electrons. The van der Waals surface area contributed by atoms with Gasteiger partial charge in [0.05, 0.1) is 0 Å². The van der Waals surface area contributed by atoms with Gasteiger partial charge in [-0.3, -0.25) is 4.98 Å². The Bertz CT molecular complexity index is 1720. The number of benzene rings is 3. The number of para-hydroxylation sites is 1. The van der Waals surface area contributed by atoms with Crippen molar-refractivity contribution in [1.82, 2.24) is 9.97 Å². The average molecular weight is 708 g/mol. The van der Waals surface area contributed by atoms with Crippen molar-refractivity contribution < 1.29 is 26.2 Å². The Morgan fingerprint density at radius 2 is 1.60 bits per heavy atom. The van der Waals surface area contributed by atoms with Crippen LogP contribution in [0.1, 0.15) is 75.6 Å². The van der Waals surface area contributed by atoms with Crippen LogP contribution in [-0.2, 0) is 26.5 Å². The Labute approximate surface area is 251 Å². The fourth-order valence-electron chi connectivity index (χ4n) is 5.73. The number of fused-ring (bicyclic) bond motifs is 3. The molecular weight excluding hydrogens is 673 g/mol. The molecule has 0 fully saturated rings. The fourth-order valence-corrected chi connectivity index (χ4v) is 5.73. The van der Waals surface area contributed by atoms with Gasteiger partial charge < -0.3 is 10.0 Å². The molecular formula is C35H34N3OPt-. The Kier molecular flexibility index (Phi) is 7.35. The first-order chi connectivity index (χ1) is 18.7. The molecule has 40 heavy (non-hydrogen) atoms. The topological polar surface area (TPSA) is 49.2 Å². The maximum absolute atomic E-state index is 11.0. The molecule has 0 spiro atoms. The summed E-state index contributed by atoms with van der Waals surface area (Å²) >= 11 is 0. The first-order valence-electron chi connectivity index (χ1n) is 13.7. The van der Waals surface area contributed by atoms with Crippen molar-refractivity contribution in [2.24, 2.45) is 0 Å². The Morgan fingerprint density at radius 3 is 2.35 bits per heavy atom. The molecule has 1 aliphatic rings. The fraction of sp³-hybridized carbons (Fsp3) is 0.257. The molecule has 1 N–H and O–H groups in total. The van der Waals surface area contributed by atoms with Crippen molar-refractivity contribution in [3.05, 3.63) is 107 Å². The van der Waals surface area contributed by atoms with Crippen LogP contribution in [0.5, 0.6) is 5.75 Å². The molecule has 2 aromatic heterocycles. The van der Waals surface area contributed by atoms with E-state index in [9.17, 15) is 5.11 Å². The van der Waals surface area contributed by atoms with E-state index < -0.39 is 0 Å². The number of phenols is 1. The van der Waals surface area contributed by atoms with Gasteiger partial charge in [0.15, 0.2) is 0 Å². The molecule has 0 saturated carbocycles. The third kappa shape index (κ3) is 4.53. The molecule has 0 unspecified atom stereocenters. The molecule has 1 aliphatic heterocycles. The van der Waals surface area contributed by atoms with Crippen LogP contribution in [0.25, 0.3) is 22.2 Å². The number of aromatic hydroxyl groups is 1. The maximum Gasteiger partial charge on any atom is 0.144 e. The van der Waals surface area contributed by atoms with Gasteiger partial charge in [0.1, 0.15) is 17.1 Å². The Balaban J connectivity index is 0.00000323. The second-order valence-corrected chi connectivity index (χ2v) is 11.6. The predicted molar refractivity (Wildman–Crippen MR) is 160 cm³/mol. The molecule has 5 aromatic rings. The average Bonchev–Trinajstić information content (AvgIpc) is 2.93. The van der Waals surface area contributed by atoms with Crippen LogP contribution < -0.4 is 4.90 Å². The largest absolute Gasteiger partial charge is 0.505 e. The SMILES string of the molecule is CC(C)c1ccnc(N2c3[c-]c(-c4ccc5ccc(C(C)C)c(O)c5n4)ccc3C(C)(C)c3ccccc32)c1.[Pt]. The summed E-state index contributed by atoms with van der Waals surface area (Å²) in [6.07, 6.45) is 1.90. The number of phenolic OH excluding ortho intramolecular Hbond substituents is 1. The van der Waals surface area contributed by atoms with E-state index in [1.54, 1.807) is 0 Å². The monoisotopic (exact) mass is 707 g/mol. The number of nitrogens with zero attached hydrogens (tertiary/aromatic N) is 3. The summed E-state index contributed by atoms with van der Waals surface area (Å²) in [5, 5.41) is 12.0. The Morgan fingerprint density at radius 1 is 0.850 bits per heavy atom. The zero-order chi connectivity index (χ0) is 27.5. The van der Waals surface area contributed by atoms with Gasteiger partial charge in [-0.25, -0.2) is 4.98 Å². The molecule has 0 bridgehead atoms. The second-order valence-electron chi connectivity index (χ2n) is 11.6. The normalized spacial score (nSPS) is 13.8. The van der Waals surface area contributed by atoms with Crippen LogP contribution in [0.3, 0.4) is 0 Å². The van der Waals surface area contributed by atoms with Gasteiger partial charge in [-0.15, -0.1) is 23.8 Å². The standard InChI is InChI=1S/C35H34N3O.Pt/c1-21(2)24-17-18-36-32(20-24)38-30-10-8-7-9-27(30)35(5,6)28-15-12-25(19-31(28)38)29-16-13-23-11-14-26(22(3)4)34(39)33(23)37-29;/h7-18,20-22,39H,1-6H3;/q-1;. The predicted octanol–water partition coefficient (Wildman–Crippen LogP) is 9.16. The van der Waals surface area contributed by atoms with Gasteiger partial charge in [-0.05, 0) is 63.5 Å². The van der Waals surface area contributed by atoms with E-state index in [2.05, 4.69) is 101 Å². The number of aromatic nitrogens is 2. The molecule has 3 aromatic carbocycles. The molecule has 206 valence electrons. The van der Waals surface area contributed by atoms with Crippen molar-refractivity contribution in [2.75, 3.05) is 4.90 Å². The minimum atomic E-state index is -0.214. The third-order valence-electron chi connectivity index (χ3n) is 8.07. The van der Waals surface area contributed by atoms with E-state index in [0.29, 0.717) is 11.4 Å². The summed E-state index contributed by atoms with van der Waals surface area (Å²) in [6, 6.07) is 29.0. The molecule has 4 nitrogen and oxygen atoms in total. The maximum atomic E-state index is 11.0. The zero-order valence-electron chi connectivity index (χ0n) is 23.8. The van der Waals surface area contributed by atoms with Crippen molar-refractivity contribution in [1.29, 1.82) is 0 Å². The minimum absolute atomic E-state index is 0. The second kappa shape index (κ2) is 10.5. The minimum Gasteiger partial charge on any atom is -0.505 e. The number of hydrogen-bond acceptors (Lipinski definition) is 4. The number of rotatable bonds is 4. The van der Waals surface area contributed by atoms with Crippen LogP contribution in [0.4, 0.5) is 17.2 Å².